The fraction of sp³-hybridized carbons (Fsp3) is 0.174. The van der Waals surface area contributed by atoms with Crippen LogP contribution in [0.2, 0.25) is 0 Å². The van der Waals surface area contributed by atoms with E-state index in [1.807, 2.05) is 36.4 Å². The molecule has 0 spiro atoms. The zero-order chi connectivity index (χ0) is 23.1. The van der Waals surface area contributed by atoms with Gasteiger partial charge in [0.05, 0.1) is 16.2 Å². The Morgan fingerprint density at radius 1 is 1.09 bits per heavy atom. The highest BCUT2D eigenvalue weighted by Crippen LogP contribution is 2.35. The second-order valence-corrected chi connectivity index (χ2v) is 8.50. The van der Waals surface area contributed by atoms with Crippen LogP contribution in [0.4, 0.5) is 18.9 Å². The molecule has 32 heavy (non-hydrogen) atoms. The molecule has 0 saturated carbocycles. The molecule has 1 fully saturated rings. The Balaban J connectivity index is 1.52. The Labute approximate surface area is 193 Å². The average molecular weight is 477 g/mol. The van der Waals surface area contributed by atoms with E-state index in [9.17, 15) is 22.8 Å². The number of hydrogen-bond donors (Lipinski definition) is 1. The molecule has 1 aliphatic heterocycles. The first kappa shape index (κ1) is 23.7. The molecule has 0 unspecified atom stereocenters. The molecule has 0 radical (unpaired) electrons. The number of rotatable bonds is 7. The van der Waals surface area contributed by atoms with Gasteiger partial charge >= 0.3 is 6.18 Å². The summed E-state index contributed by atoms with van der Waals surface area (Å²) in [5, 5.41) is 2.30. The average Bonchev–Trinajstić information content (AvgIpc) is 3.02. The normalized spacial score (nSPS) is 15.7. The molecular formula is C23H19F3N2O2S2. The maximum absolute atomic E-state index is 13.0. The van der Waals surface area contributed by atoms with E-state index in [1.165, 1.54) is 34.9 Å². The summed E-state index contributed by atoms with van der Waals surface area (Å²) in [6.45, 7) is 0.207. The number of halogens is 3. The van der Waals surface area contributed by atoms with Gasteiger partial charge in [0.15, 0.2) is 0 Å². The number of nitrogens with one attached hydrogen (secondary N) is 1. The van der Waals surface area contributed by atoms with Crippen LogP contribution >= 0.6 is 24.0 Å². The van der Waals surface area contributed by atoms with Crippen molar-refractivity contribution in [1.82, 2.24) is 4.90 Å². The van der Waals surface area contributed by atoms with Crippen LogP contribution in [0.25, 0.3) is 6.08 Å². The predicted molar refractivity (Wildman–Crippen MR) is 125 cm³/mol. The van der Waals surface area contributed by atoms with Gasteiger partial charge in [0.1, 0.15) is 4.32 Å². The minimum absolute atomic E-state index is 0.0454. The van der Waals surface area contributed by atoms with Crippen molar-refractivity contribution in [1.29, 1.82) is 0 Å². The van der Waals surface area contributed by atoms with Crippen LogP contribution in [-0.4, -0.2) is 27.6 Å². The van der Waals surface area contributed by atoms with Crippen LogP contribution in [-0.2, 0) is 15.8 Å². The van der Waals surface area contributed by atoms with Gasteiger partial charge < -0.3 is 5.32 Å². The second kappa shape index (κ2) is 10.6. The number of hydrogen-bond acceptors (Lipinski definition) is 4. The molecule has 1 heterocycles. The Bertz CT molecular complexity index is 1070. The molecule has 3 rings (SSSR count). The summed E-state index contributed by atoms with van der Waals surface area (Å²) >= 11 is 6.43. The van der Waals surface area contributed by atoms with E-state index in [1.54, 1.807) is 12.2 Å². The first-order chi connectivity index (χ1) is 15.3. The number of thiocarbonyl (C=S) groups is 1. The van der Waals surface area contributed by atoms with Crippen LogP contribution in [0, 0.1) is 0 Å². The predicted octanol–water partition coefficient (Wildman–Crippen LogP) is 5.88. The van der Waals surface area contributed by atoms with E-state index in [0.717, 1.165) is 11.6 Å². The van der Waals surface area contributed by atoms with Gasteiger partial charge in [-0.15, -0.1) is 0 Å². The number of carbonyl (C=O) groups is 2. The van der Waals surface area contributed by atoms with E-state index in [2.05, 4.69) is 5.32 Å². The molecule has 0 bridgehead atoms. The van der Waals surface area contributed by atoms with Crippen molar-refractivity contribution in [3.63, 3.8) is 0 Å². The van der Waals surface area contributed by atoms with Crippen molar-refractivity contribution in [2.45, 2.75) is 19.0 Å². The topological polar surface area (TPSA) is 49.4 Å². The van der Waals surface area contributed by atoms with Crippen molar-refractivity contribution in [2.24, 2.45) is 0 Å². The minimum atomic E-state index is -4.56. The van der Waals surface area contributed by atoms with Crippen LogP contribution < -0.4 is 5.32 Å². The molecule has 1 aliphatic rings. The van der Waals surface area contributed by atoms with E-state index >= 15 is 0 Å². The number of thioether (sulfide) groups is 1. The Morgan fingerprint density at radius 3 is 2.50 bits per heavy atom. The maximum atomic E-state index is 13.0. The van der Waals surface area contributed by atoms with Crippen molar-refractivity contribution in [3.8, 4) is 0 Å². The third kappa shape index (κ3) is 6.30. The van der Waals surface area contributed by atoms with Crippen LogP contribution in [0.1, 0.15) is 24.0 Å². The fourth-order valence-corrected chi connectivity index (χ4v) is 4.23. The van der Waals surface area contributed by atoms with E-state index in [4.69, 9.17) is 12.2 Å². The Kier molecular flexibility index (Phi) is 7.87. The molecule has 9 heteroatoms. The van der Waals surface area contributed by atoms with Gasteiger partial charge in [-0.25, -0.2) is 0 Å². The summed E-state index contributed by atoms with van der Waals surface area (Å²) in [4.78, 5) is 26.6. The number of benzene rings is 2. The van der Waals surface area contributed by atoms with Crippen molar-refractivity contribution >= 4 is 51.9 Å². The van der Waals surface area contributed by atoms with E-state index < -0.39 is 17.6 Å². The van der Waals surface area contributed by atoms with Crippen molar-refractivity contribution in [2.75, 3.05) is 11.9 Å². The molecule has 0 aliphatic carbocycles. The number of para-hydroxylation sites is 1. The molecule has 1 saturated heterocycles. The summed E-state index contributed by atoms with van der Waals surface area (Å²) in [6.07, 6.45) is 0.985. The number of alkyl halides is 3. The molecule has 0 atom stereocenters. The van der Waals surface area contributed by atoms with Gasteiger partial charge in [-0.1, -0.05) is 78.6 Å². The third-order valence-corrected chi connectivity index (χ3v) is 5.90. The highest BCUT2D eigenvalue weighted by Gasteiger charge is 2.34. The quantitative estimate of drug-likeness (QED) is 0.400. The minimum Gasteiger partial charge on any atom is -0.326 e. The molecule has 2 aromatic carbocycles. The number of nitrogens with zero attached hydrogens (tertiary/aromatic N) is 1. The van der Waals surface area contributed by atoms with Gasteiger partial charge in [0.2, 0.25) is 5.91 Å². The van der Waals surface area contributed by atoms with Crippen LogP contribution in [0.15, 0.2) is 71.7 Å². The third-order valence-electron chi connectivity index (χ3n) is 4.50. The lowest BCUT2D eigenvalue weighted by atomic mass is 10.1. The molecule has 1 N–H and O–H groups in total. The Morgan fingerprint density at radius 2 is 1.78 bits per heavy atom. The summed E-state index contributed by atoms with van der Waals surface area (Å²) in [5.74, 6) is -0.811. The molecule has 0 aromatic heterocycles. The summed E-state index contributed by atoms with van der Waals surface area (Å²) < 4.78 is 39.5. The molecule has 4 nitrogen and oxygen atoms in total. The van der Waals surface area contributed by atoms with Crippen molar-refractivity contribution < 1.29 is 22.8 Å². The SMILES string of the molecule is O=C(CCCN1C(=O)/C(=C/C=C/c2ccccc2)SC1=S)Nc1ccccc1C(F)(F)F. The smallest absolute Gasteiger partial charge is 0.326 e. The molecule has 2 aromatic rings. The van der Waals surface area contributed by atoms with Gasteiger partial charge in [-0.05, 0) is 30.2 Å². The van der Waals surface area contributed by atoms with Crippen molar-refractivity contribution in [3.05, 3.63) is 82.8 Å². The highest BCUT2D eigenvalue weighted by atomic mass is 32.2. The van der Waals surface area contributed by atoms with Gasteiger partial charge in [-0.2, -0.15) is 13.2 Å². The fourth-order valence-electron chi connectivity index (χ4n) is 2.97. The summed E-state index contributed by atoms with van der Waals surface area (Å²) in [5.41, 5.74) is -0.194. The Hall–Kier alpha value is -2.91. The summed E-state index contributed by atoms with van der Waals surface area (Å²) in [7, 11) is 0. The zero-order valence-electron chi connectivity index (χ0n) is 16.8. The first-order valence-corrected chi connectivity index (χ1v) is 10.9. The van der Waals surface area contributed by atoms with E-state index in [-0.39, 0.29) is 31.0 Å². The standard InChI is InChI=1S/C23H19F3N2O2S2/c24-23(25,26)17-11-4-5-12-18(17)27-20(29)14-7-15-28-21(30)19(32-22(28)31)13-6-10-16-8-2-1-3-9-16/h1-6,8-13H,7,14-15H2,(H,27,29)/b10-6+,19-13-. The van der Waals surface area contributed by atoms with E-state index in [0.29, 0.717) is 9.23 Å². The molecule has 2 amide bonds. The molecule has 166 valence electrons. The summed E-state index contributed by atoms with van der Waals surface area (Å²) in [6, 6.07) is 14.4. The zero-order valence-corrected chi connectivity index (χ0v) is 18.4. The largest absolute Gasteiger partial charge is 0.418 e. The first-order valence-electron chi connectivity index (χ1n) is 9.69. The number of amides is 2. The van der Waals surface area contributed by atoms with Gasteiger partial charge in [0, 0.05) is 13.0 Å². The number of carbonyl (C=O) groups excluding carboxylic acids is 2. The lowest BCUT2D eigenvalue weighted by Gasteiger charge is -2.15. The highest BCUT2D eigenvalue weighted by molar-refractivity contribution is 8.26. The van der Waals surface area contributed by atoms with Crippen LogP contribution in [0.5, 0.6) is 0 Å². The number of anilines is 1. The van der Waals surface area contributed by atoms with Gasteiger partial charge in [-0.3, -0.25) is 14.5 Å². The molecular weight excluding hydrogens is 457 g/mol. The lowest BCUT2D eigenvalue weighted by molar-refractivity contribution is -0.137. The second-order valence-electron chi connectivity index (χ2n) is 6.82. The monoisotopic (exact) mass is 476 g/mol. The van der Waals surface area contributed by atoms with Gasteiger partial charge in [0.25, 0.3) is 5.91 Å². The van der Waals surface area contributed by atoms with Crippen LogP contribution in [0.3, 0.4) is 0 Å². The lowest BCUT2D eigenvalue weighted by Crippen LogP contribution is -2.29. The number of allylic oxidation sites excluding steroid dienone is 2. The maximum Gasteiger partial charge on any atom is 0.418 e.